The molecule has 1 aliphatic rings. The molecule has 1 aliphatic heterocycles. The van der Waals surface area contributed by atoms with Gasteiger partial charge in [-0.05, 0) is 51.7 Å². The van der Waals surface area contributed by atoms with Gasteiger partial charge in [0, 0.05) is 0 Å². The molecule has 7 heteroatoms. The molecule has 0 fully saturated rings. The fourth-order valence-electron chi connectivity index (χ4n) is 2.26. The number of nitrogens with two attached hydrogens (primary N) is 2. The first-order chi connectivity index (χ1) is 10.0. The van der Waals surface area contributed by atoms with Gasteiger partial charge in [-0.2, -0.15) is 5.10 Å². The van der Waals surface area contributed by atoms with E-state index in [0.29, 0.717) is 5.84 Å². The van der Waals surface area contributed by atoms with Crippen molar-refractivity contribution in [3.63, 3.8) is 0 Å². The number of benzene rings is 1. The highest BCUT2D eigenvalue weighted by molar-refractivity contribution is 5.79. The average Bonchev–Trinajstić information content (AvgIpc) is 2.93. The van der Waals surface area contributed by atoms with Crippen LogP contribution in [0.2, 0.25) is 0 Å². The molecule has 2 rings (SSSR count). The fraction of sp³-hybridized carbons (Fsp3) is 0.500. The van der Waals surface area contributed by atoms with E-state index in [4.69, 9.17) is 21.2 Å². The number of rotatable bonds is 5. The Labute approximate surface area is 125 Å². The summed E-state index contributed by atoms with van der Waals surface area (Å²) in [6.07, 6.45) is 0.843. The fourth-order valence-corrected chi connectivity index (χ4v) is 2.26. The molecule has 21 heavy (non-hydrogen) atoms. The average molecular weight is 293 g/mol. The zero-order valence-electron chi connectivity index (χ0n) is 12.7. The van der Waals surface area contributed by atoms with Crippen LogP contribution in [0.5, 0.6) is 11.5 Å². The molecule has 4 N–H and O–H groups in total. The molecular formula is C14H23N5O2. The van der Waals surface area contributed by atoms with Crippen molar-refractivity contribution in [3.05, 3.63) is 23.8 Å². The summed E-state index contributed by atoms with van der Waals surface area (Å²) in [6, 6.07) is 5.83. The van der Waals surface area contributed by atoms with E-state index >= 15 is 0 Å². The summed E-state index contributed by atoms with van der Waals surface area (Å²) >= 11 is 0. The lowest BCUT2D eigenvalue weighted by Crippen LogP contribution is -2.40. The summed E-state index contributed by atoms with van der Waals surface area (Å²) in [5.41, 5.74) is 1.05. The number of amidine groups is 1. The molecule has 7 nitrogen and oxygen atoms in total. The van der Waals surface area contributed by atoms with Gasteiger partial charge >= 0.3 is 0 Å². The van der Waals surface area contributed by atoms with Gasteiger partial charge in [0.1, 0.15) is 5.84 Å². The van der Waals surface area contributed by atoms with E-state index in [9.17, 15) is 0 Å². The third-order valence-corrected chi connectivity index (χ3v) is 3.53. The van der Waals surface area contributed by atoms with Crippen LogP contribution in [0.1, 0.15) is 24.9 Å². The Hall–Kier alpha value is -1.99. The molecule has 0 saturated carbocycles. The second kappa shape index (κ2) is 6.64. The number of nitrogens with zero attached hydrogens (tertiary/aromatic N) is 3. The summed E-state index contributed by atoms with van der Waals surface area (Å²) in [5, 5.41) is 5.28. The zero-order valence-corrected chi connectivity index (χ0v) is 12.7. The normalized spacial score (nSPS) is 15.4. The smallest absolute Gasteiger partial charge is 0.231 e. The maximum absolute atomic E-state index is 6.17. The molecular weight excluding hydrogens is 270 g/mol. The second-order valence-corrected chi connectivity index (χ2v) is 5.30. The van der Waals surface area contributed by atoms with Crippen molar-refractivity contribution >= 4 is 5.84 Å². The molecule has 0 aliphatic carbocycles. The third kappa shape index (κ3) is 3.56. The summed E-state index contributed by atoms with van der Waals surface area (Å²) in [6.45, 7) is 2.94. The van der Waals surface area contributed by atoms with Crippen LogP contribution in [0.3, 0.4) is 0 Å². The van der Waals surface area contributed by atoms with Gasteiger partial charge < -0.3 is 20.2 Å². The van der Waals surface area contributed by atoms with Crippen LogP contribution in [0.15, 0.2) is 23.3 Å². The van der Waals surface area contributed by atoms with Crippen LogP contribution in [0.25, 0.3) is 0 Å². The number of hydrogen-bond acceptors (Lipinski definition) is 6. The Morgan fingerprint density at radius 3 is 2.71 bits per heavy atom. The minimum Gasteiger partial charge on any atom is -0.454 e. The van der Waals surface area contributed by atoms with E-state index < -0.39 is 0 Å². The topological polar surface area (TPSA) is 89.3 Å². The Balaban J connectivity index is 2.25. The number of hydrogen-bond donors (Lipinski definition) is 2. The zero-order chi connectivity index (χ0) is 15.4. The summed E-state index contributed by atoms with van der Waals surface area (Å²) in [5.74, 6) is 13.6. The van der Waals surface area contributed by atoms with Crippen molar-refractivity contribution in [2.24, 2.45) is 16.8 Å². The maximum Gasteiger partial charge on any atom is 0.231 e. The predicted octanol–water partition coefficient (Wildman–Crippen LogP) is 0.876. The van der Waals surface area contributed by atoms with Crippen molar-refractivity contribution in [1.29, 1.82) is 0 Å². The van der Waals surface area contributed by atoms with Gasteiger partial charge in [-0.3, -0.25) is 5.01 Å². The number of fused-ring (bicyclic) bond motifs is 1. The molecule has 0 spiro atoms. The van der Waals surface area contributed by atoms with Crippen molar-refractivity contribution in [2.75, 3.05) is 27.4 Å². The molecule has 1 heterocycles. The summed E-state index contributed by atoms with van der Waals surface area (Å²) in [7, 11) is 4.06. The maximum atomic E-state index is 6.17. The standard InChI is InChI=1S/C14H23N5O2/c1-10(17-15)19(16)12(6-7-18(2)3)11-4-5-13-14(8-11)21-9-20-13/h4-5,8,12H,6-7,9,15-16H2,1-3H3/b17-10-. The van der Waals surface area contributed by atoms with Crippen molar-refractivity contribution in [2.45, 2.75) is 19.4 Å². The summed E-state index contributed by atoms with van der Waals surface area (Å²) < 4.78 is 10.8. The minimum absolute atomic E-state index is 0.0331. The Bertz CT molecular complexity index is 518. The van der Waals surface area contributed by atoms with Crippen LogP contribution in [-0.2, 0) is 0 Å². The molecule has 0 aromatic heterocycles. The van der Waals surface area contributed by atoms with Crippen molar-refractivity contribution in [3.8, 4) is 11.5 Å². The predicted molar refractivity (Wildman–Crippen MR) is 81.8 cm³/mol. The van der Waals surface area contributed by atoms with Gasteiger partial charge in [0.2, 0.25) is 6.79 Å². The van der Waals surface area contributed by atoms with Gasteiger partial charge in [0.15, 0.2) is 11.5 Å². The van der Waals surface area contributed by atoms with Crippen molar-refractivity contribution in [1.82, 2.24) is 9.91 Å². The largest absolute Gasteiger partial charge is 0.454 e. The number of hydrazone groups is 1. The number of hydrazine groups is 1. The molecule has 1 aromatic carbocycles. The number of ether oxygens (including phenoxy) is 2. The third-order valence-electron chi connectivity index (χ3n) is 3.53. The van der Waals surface area contributed by atoms with Crippen molar-refractivity contribution < 1.29 is 9.47 Å². The van der Waals surface area contributed by atoms with E-state index in [1.54, 1.807) is 11.9 Å². The van der Waals surface area contributed by atoms with E-state index in [1.165, 1.54) is 0 Å². The lowest BCUT2D eigenvalue weighted by molar-refractivity contribution is 0.174. The Morgan fingerprint density at radius 2 is 2.05 bits per heavy atom. The first-order valence-corrected chi connectivity index (χ1v) is 6.85. The monoisotopic (exact) mass is 293 g/mol. The lowest BCUT2D eigenvalue weighted by Gasteiger charge is -2.30. The SMILES string of the molecule is C/C(=N/N)N(N)C(CCN(C)C)c1ccc2c(c1)OCO2. The highest BCUT2D eigenvalue weighted by atomic mass is 16.7. The van der Waals surface area contributed by atoms with Gasteiger partial charge in [-0.25, -0.2) is 5.84 Å². The highest BCUT2D eigenvalue weighted by Gasteiger charge is 2.22. The van der Waals surface area contributed by atoms with E-state index in [2.05, 4.69) is 10.0 Å². The molecule has 1 unspecified atom stereocenters. The Morgan fingerprint density at radius 1 is 1.33 bits per heavy atom. The molecule has 0 amide bonds. The molecule has 0 bridgehead atoms. The molecule has 116 valence electrons. The van der Waals surface area contributed by atoms with Crippen LogP contribution < -0.4 is 21.2 Å². The molecule has 0 radical (unpaired) electrons. The van der Waals surface area contributed by atoms with Gasteiger partial charge in [0.25, 0.3) is 0 Å². The van der Waals surface area contributed by atoms with Gasteiger partial charge in [0.05, 0.1) is 6.04 Å². The molecule has 1 atom stereocenters. The van der Waals surface area contributed by atoms with Crippen LogP contribution >= 0.6 is 0 Å². The first-order valence-electron chi connectivity index (χ1n) is 6.85. The molecule has 1 aromatic rings. The lowest BCUT2D eigenvalue weighted by atomic mass is 10.0. The molecule has 0 saturated heterocycles. The summed E-state index contributed by atoms with van der Waals surface area (Å²) in [4.78, 5) is 2.11. The first kappa shape index (κ1) is 15.4. The minimum atomic E-state index is -0.0331. The van der Waals surface area contributed by atoms with E-state index in [0.717, 1.165) is 30.0 Å². The van der Waals surface area contributed by atoms with Gasteiger partial charge in [-0.1, -0.05) is 6.07 Å². The highest BCUT2D eigenvalue weighted by Crippen LogP contribution is 2.35. The van der Waals surface area contributed by atoms with Crippen LogP contribution in [0.4, 0.5) is 0 Å². The van der Waals surface area contributed by atoms with E-state index in [1.807, 2.05) is 32.3 Å². The van der Waals surface area contributed by atoms with Crippen LogP contribution in [-0.4, -0.2) is 43.2 Å². The second-order valence-electron chi connectivity index (χ2n) is 5.30. The van der Waals surface area contributed by atoms with Gasteiger partial charge in [-0.15, -0.1) is 0 Å². The Kier molecular flexibility index (Phi) is 4.87. The van der Waals surface area contributed by atoms with Crippen LogP contribution in [0, 0.1) is 0 Å². The van der Waals surface area contributed by atoms with E-state index in [-0.39, 0.29) is 12.8 Å². The quantitative estimate of drug-likeness (QED) is 0.362.